The molecule has 0 aliphatic carbocycles. The molecule has 5 rings (SSSR count). The van der Waals surface area contributed by atoms with E-state index in [9.17, 15) is 18.5 Å². The van der Waals surface area contributed by atoms with E-state index in [0.29, 0.717) is 33.3 Å². The zero-order chi connectivity index (χ0) is 32.0. The molecule has 1 atom stereocenters. The maximum absolute atomic E-state index is 13.3. The predicted octanol–water partition coefficient (Wildman–Crippen LogP) is 6.31. The van der Waals surface area contributed by atoms with Crippen molar-refractivity contribution < 1.29 is 17.9 Å². The van der Waals surface area contributed by atoms with E-state index in [1.165, 1.54) is 48.4 Å². The summed E-state index contributed by atoms with van der Waals surface area (Å²) in [7, 11) is -2.32. The van der Waals surface area contributed by atoms with Gasteiger partial charge < -0.3 is 10.1 Å². The van der Waals surface area contributed by atoms with E-state index in [2.05, 4.69) is 26.1 Å². The Morgan fingerprint density at radius 2 is 1.60 bits per heavy atom. The number of hydrogen-bond donors (Lipinski definition) is 2. The van der Waals surface area contributed by atoms with E-state index < -0.39 is 15.3 Å². The predicted molar refractivity (Wildman–Crippen MR) is 174 cm³/mol. The van der Waals surface area contributed by atoms with Crippen LogP contribution in [0.15, 0.2) is 107 Å². The number of sulfonamides is 1. The monoisotopic (exact) mass is 636 g/mol. The summed E-state index contributed by atoms with van der Waals surface area (Å²) in [6, 6.07) is 26.8. The highest BCUT2D eigenvalue weighted by Crippen LogP contribution is 2.36. The molecule has 2 N–H and O–H groups in total. The normalized spacial score (nSPS) is 11.7. The SMILES string of the molecule is COc1ccc(-c2cc(-c3ccc(C)cc3)c(C#N)c(SC(C)C(=O)Nc3ccc(S(=O)(=O)Nc4ncccn4)cc3)n2)cc1. The number of nitrogens with zero attached hydrogens (tertiary/aromatic N) is 4. The first-order valence-electron chi connectivity index (χ1n) is 13.7. The van der Waals surface area contributed by atoms with Gasteiger partial charge in [0.1, 0.15) is 16.8 Å². The number of thioether (sulfide) groups is 1. The summed E-state index contributed by atoms with van der Waals surface area (Å²) in [5, 5.41) is 12.8. The van der Waals surface area contributed by atoms with Crippen LogP contribution in [0.2, 0.25) is 0 Å². The molecule has 2 aromatic heterocycles. The minimum Gasteiger partial charge on any atom is -0.497 e. The fraction of sp³-hybridized carbons (Fsp3) is 0.121. The third-order valence-corrected chi connectivity index (χ3v) is 9.16. The molecule has 0 aliphatic rings. The van der Waals surface area contributed by atoms with Crippen LogP contribution in [0.25, 0.3) is 22.4 Å². The van der Waals surface area contributed by atoms with Gasteiger partial charge in [-0.25, -0.2) is 28.1 Å². The van der Waals surface area contributed by atoms with Gasteiger partial charge in [0.15, 0.2) is 0 Å². The highest BCUT2D eigenvalue weighted by atomic mass is 32.2. The van der Waals surface area contributed by atoms with Crippen LogP contribution in [-0.4, -0.2) is 41.6 Å². The lowest BCUT2D eigenvalue weighted by Crippen LogP contribution is -2.23. The standard InChI is InChI=1S/C33H28N6O4S2/c1-21-5-7-23(8-6-21)28-19-30(24-9-13-26(43-3)14-10-24)38-32(29(28)20-34)44-22(2)31(40)37-25-11-15-27(16-12-25)45(41,42)39-33-35-17-4-18-36-33/h4-19,22H,1-3H3,(H,37,40)(H,35,36,39). The Hall–Kier alpha value is -5.25. The lowest BCUT2D eigenvalue weighted by Gasteiger charge is -2.16. The van der Waals surface area contributed by atoms with Crippen molar-refractivity contribution in [1.82, 2.24) is 15.0 Å². The second-order valence-corrected chi connectivity index (χ2v) is 12.9. The molecule has 2 heterocycles. The molecular weight excluding hydrogens is 609 g/mol. The average Bonchev–Trinajstić information content (AvgIpc) is 3.05. The summed E-state index contributed by atoms with van der Waals surface area (Å²) in [6.45, 7) is 3.71. The van der Waals surface area contributed by atoms with E-state index in [1.807, 2.05) is 61.5 Å². The van der Waals surface area contributed by atoms with Gasteiger partial charge in [-0.2, -0.15) is 5.26 Å². The summed E-state index contributed by atoms with van der Waals surface area (Å²) in [5.41, 5.74) is 4.91. The largest absolute Gasteiger partial charge is 0.497 e. The molecule has 0 fully saturated rings. The van der Waals surface area contributed by atoms with Gasteiger partial charge in [-0.3, -0.25) is 4.79 Å². The molecule has 1 amide bonds. The van der Waals surface area contributed by atoms with Gasteiger partial charge in [0.05, 0.1) is 28.5 Å². The number of carbonyl (C=O) groups excluding carboxylic acids is 1. The van der Waals surface area contributed by atoms with Crippen molar-refractivity contribution in [2.45, 2.75) is 29.0 Å². The molecule has 0 saturated heterocycles. The van der Waals surface area contributed by atoms with Gasteiger partial charge in [-0.05, 0) is 80.1 Å². The van der Waals surface area contributed by atoms with Crippen molar-refractivity contribution in [2.24, 2.45) is 0 Å². The number of nitrogens with one attached hydrogen (secondary N) is 2. The highest BCUT2D eigenvalue weighted by molar-refractivity contribution is 8.00. The van der Waals surface area contributed by atoms with Gasteiger partial charge in [0.25, 0.3) is 10.0 Å². The van der Waals surface area contributed by atoms with Crippen LogP contribution in [0.3, 0.4) is 0 Å². The van der Waals surface area contributed by atoms with Gasteiger partial charge in [0.2, 0.25) is 11.9 Å². The van der Waals surface area contributed by atoms with Crippen molar-refractivity contribution in [3.63, 3.8) is 0 Å². The summed E-state index contributed by atoms with van der Waals surface area (Å²) in [6.07, 6.45) is 2.85. The van der Waals surface area contributed by atoms with Crippen LogP contribution in [0, 0.1) is 18.3 Å². The number of pyridine rings is 1. The van der Waals surface area contributed by atoms with Crippen molar-refractivity contribution >= 4 is 39.3 Å². The minimum absolute atomic E-state index is 0.0165. The van der Waals surface area contributed by atoms with Crippen LogP contribution in [0.5, 0.6) is 5.75 Å². The summed E-state index contributed by atoms with van der Waals surface area (Å²) in [4.78, 5) is 25.8. The minimum atomic E-state index is -3.92. The maximum atomic E-state index is 13.3. The van der Waals surface area contributed by atoms with E-state index >= 15 is 0 Å². The van der Waals surface area contributed by atoms with Crippen LogP contribution >= 0.6 is 11.8 Å². The topological polar surface area (TPSA) is 147 Å². The molecule has 226 valence electrons. The van der Waals surface area contributed by atoms with E-state index in [0.717, 1.165) is 16.7 Å². The Balaban J connectivity index is 1.39. The van der Waals surface area contributed by atoms with Crippen molar-refractivity contribution in [1.29, 1.82) is 5.26 Å². The average molecular weight is 637 g/mol. The van der Waals surface area contributed by atoms with Crippen molar-refractivity contribution in [3.05, 3.63) is 108 Å². The molecule has 0 bridgehead atoms. The third kappa shape index (κ3) is 7.46. The fourth-order valence-electron chi connectivity index (χ4n) is 4.30. The van der Waals surface area contributed by atoms with E-state index in [1.54, 1.807) is 20.1 Å². The van der Waals surface area contributed by atoms with Gasteiger partial charge in [-0.1, -0.05) is 41.6 Å². The van der Waals surface area contributed by atoms with Crippen LogP contribution in [0.1, 0.15) is 18.1 Å². The molecule has 10 nitrogen and oxygen atoms in total. The van der Waals surface area contributed by atoms with Gasteiger partial charge >= 0.3 is 0 Å². The molecule has 0 spiro atoms. The zero-order valence-corrected chi connectivity index (χ0v) is 26.2. The lowest BCUT2D eigenvalue weighted by molar-refractivity contribution is -0.115. The lowest BCUT2D eigenvalue weighted by atomic mass is 9.98. The number of rotatable bonds is 10. The number of methoxy groups -OCH3 is 1. The van der Waals surface area contributed by atoms with Gasteiger partial charge in [0, 0.05) is 29.2 Å². The first-order chi connectivity index (χ1) is 21.7. The first kappa shape index (κ1) is 31.2. The number of hydrogen-bond acceptors (Lipinski definition) is 9. The Morgan fingerprint density at radius 3 is 2.22 bits per heavy atom. The van der Waals surface area contributed by atoms with Crippen LogP contribution in [-0.2, 0) is 14.8 Å². The van der Waals surface area contributed by atoms with Crippen molar-refractivity contribution in [2.75, 3.05) is 17.1 Å². The quantitative estimate of drug-likeness (QED) is 0.168. The van der Waals surface area contributed by atoms with E-state index in [4.69, 9.17) is 9.72 Å². The number of benzene rings is 3. The molecular formula is C33H28N6O4S2. The smallest absolute Gasteiger partial charge is 0.264 e. The number of nitriles is 1. The Labute approximate surface area is 265 Å². The van der Waals surface area contributed by atoms with Crippen LogP contribution in [0.4, 0.5) is 11.6 Å². The molecule has 3 aromatic carbocycles. The molecule has 0 radical (unpaired) electrons. The Kier molecular flexibility index (Phi) is 9.42. The number of amides is 1. The number of aromatic nitrogens is 3. The molecule has 12 heteroatoms. The third-order valence-electron chi connectivity index (χ3n) is 6.73. The second kappa shape index (κ2) is 13.6. The maximum Gasteiger partial charge on any atom is 0.264 e. The number of ether oxygens (including phenoxy) is 1. The van der Waals surface area contributed by atoms with Crippen LogP contribution < -0.4 is 14.8 Å². The van der Waals surface area contributed by atoms with E-state index in [-0.39, 0.29) is 16.8 Å². The molecule has 5 aromatic rings. The van der Waals surface area contributed by atoms with Gasteiger partial charge in [-0.15, -0.1) is 0 Å². The molecule has 1 unspecified atom stereocenters. The first-order valence-corrected chi connectivity index (χ1v) is 16.1. The Morgan fingerprint density at radius 1 is 0.956 bits per heavy atom. The number of aryl methyl sites for hydroxylation is 1. The number of carbonyl (C=O) groups is 1. The summed E-state index contributed by atoms with van der Waals surface area (Å²) in [5.74, 6) is 0.315. The summed E-state index contributed by atoms with van der Waals surface area (Å²) >= 11 is 1.17. The second-order valence-electron chi connectivity index (χ2n) is 9.89. The number of anilines is 2. The highest BCUT2D eigenvalue weighted by Gasteiger charge is 2.22. The molecule has 0 aliphatic heterocycles. The molecule has 0 saturated carbocycles. The molecule has 45 heavy (non-hydrogen) atoms. The van der Waals surface area contributed by atoms with Crippen molar-refractivity contribution in [3.8, 4) is 34.2 Å². The zero-order valence-electron chi connectivity index (χ0n) is 24.6. The fourth-order valence-corrected chi connectivity index (χ4v) is 6.18. The summed E-state index contributed by atoms with van der Waals surface area (Å²) < 4.78 is 33.0. The Bertz CT molecular complexity index is 1960.